The molecule has 0 saturated heterocycles. The lowest BCUT2D eigenvalue weighted by Gasteiger charge is -2.07. The van der Waals surface area contributed by atoms with Crippen LogP contribution < -0.4 is 10.1 Å². The molecule has 0 saturated carbocycles. The number of aromatic nitrogens is 2. The highest BCUT2D eigenvalue weighted by atomic mass is 16.5. The molecule has 1 aromatic heterocycles. The third-order valence-electron chi connectivity index (χ3n) is 4.35. The first-order valence-electron chi connectivity index (χ1n) is 8.01. The van der Waals surface area contributed by atoms with Crippen LogP contribution in [0.15, 0.2) is 48.5 Å². The van der Waals surface area contributed by atoms with E-state index in [-0.39, 0.29) is 5.56 Å². The van der Waals surface area contributed by atoms with Crippen molar-refractivity contribution in [3.05, 3.63) is 59.7 Å². The molecule has 0 bridgehead atoms. The zero-order valence-corrected chi connectivity index (χ0v) is 13.7. The van der Waals surface area contributed by atoms with E-state index in [1.54, 1.807) is 31.4 Å². The van der Waals surface area contributed by atoms with Crippen LogP contribution in [0.3, 0.4) is 0 Å². The van der Waals surface area contributed by atoms with Gasteiger partial charge in [0.15, 0.2) is 0 Å². The Morgan fingerprint density at radius 3 is 2.76 bits per heavy atom. The van der Waals surface area contributed by atoms with Gasteiger partial charge in [-0.3, -0.25) is 0 Å². The molecule has 6 heteroatoms. The number of hydrogen-bond acceptors (Lipinski definition) is 4. The van der Waals surface area contributed by atoms with Crippen molar-refractivity contribution >= 4 is 11.8 Å². The lowest BCUT2D eigenvalue weighted by Crippen LogP contribution is -2.05. The van der Waals surface area contributed by atoms with Crippen molar-refractivity contribution in [2.45, 2.75) is 6.42 Å². The molecule has 1 aliphatic heterocycles. The van der Waals surface area contributed by atoms with Crippen molar-refractivity contribution in [3.63, 3.8) is 0 Å². The van der Waals surface area contributed by atoms with Crippen molar-refractivity contribution in [2.75, 3.05) is 19.0 Å². The Labute approximate surface area is 144 Å². The number of hydrogen-bond donors (Lipinski definition) is 2. The highest BCUT2D eigenvalue weighted by molar-refractivity contribution is 5.87. The number of methoxy groups -OCH3 is 1. The largest absolute Gasteiger partial charge is 0.497 e. The number of fused-ring (bicyclic) bond motifs is 1. The van der Waals surface area contributed by atoms with Gasteiger partial charge in [0.25, 0.3) is 0 Å². The zero-order chi connectivity index (χ0) is 17.4. The van der Waals surface area contributed by atoms with E-state index in [4.69, 9.17) is 14.9 Å². The van der Waals surface area contributed by atoms with Crippen LogP contribution in [-0.2, 0) is 6.42 Å². The molecule has 2 heterocycles. The Bertz CT molecular complexity index is 945. The molecule has 126 valence electrons. The summed E-state index contributed by atoms with van der Waals surface area (Å²) < 4.78 is 7.15. The van der Waals surface area contributed by atoms with Crippen LogP contribution >= 0.6 is 0 Å². The van der Waals surface area contributed by atoms with Crippen molar-refractivity contribution in [2.24, 2.45) is 0 Å². The first kappa shape index (κ1) is 15.3. The summed E-state index contributed by atoms with van der Waals surface area (Å²) in [5.74, 6) is 0.811. The van der Waals surface area contributed by atoms with Crippen LogP contribution in [0.1, 0.15) is 15.9 Å². The number of carbonyl (C=O) groups is 1. The molecule has 2 aromatic carbocycles. The van der Waals surface area contributed by atoms with Gasteiger partial charge in [-0.05, 0) is 42.8 Å². The number of aromatic carboxylic acids is 1. The van der Waals surface area contributed by atoms with E-state index >= 15 is 0 Å². The van der Waals surface area contributed by atoms with Gasteiger partial charge in [-0.1, -0.05) is 12.1 Å². The van der Waals surface area contributed by atoms with Crippen LogP contribution in [0.4, 0.5) is 5.82 Å². The van der Waals surface area contributed by atoms with Crippen LogP contribution in [0, 0.1) is 0 Å². The number of carboxylic acids is 1. The molecule has 0 spiro atoms. The van der Waals surface area contributed by atoms with E-state index in [0.717, 1.165) is 47.0 Å². The molecule has 3 aromatic rings. The smallest absolute Gasteiger partial charge is 0.335 e. The number of benzene rings is 2. The fraction of sp³-hybridized carbons (Fsp3) is 0.158. The van der Waals surface area contributed by atoms with Gasteiger partial charge in [0.1, 0.15) is 11.6 Å². The molecule has 0 radical (unpaired) electrons. The third-order valence-corrected chi connectivity index (χ3v) is 4.35. The van der Waals surface area contributed by atoms with Crippen molar-refractivity contribution in [1.82, 2.24) is 9.78 Å². The van der Waals surface area contributed by atoms with Crippen LogP contribution in [0.5, 0.6) is 5.75 Å². The number of nitrogens with zero attached hydrogens (tertiary/aromatic N) is 2. The van der Waals surface area contributed by atoms with Gasteiger partial charge in [0.2, 0.25) is 0 Å². The summed E-state index contributed by atoms with van der Waals surface area (Å²) in [5.41, 5.74) is 4.16. The SMILES string of the molecule is COc1cccc(-c2nn(-c3ccc(C(=O)O)cc3)c3c2CCN3)c1. The monoisotopic (exact) mass is 335 g/mol. The zero-order valence-electron chi connectivity index (χ0n) is 13.7. The van der Waals surface area contributed by atoms with E-state index < -0.39 is 5.97 Å². The second-order valence-corrected chi connectivity index (χ2v) is 5.85. The Balaban J connectivity index is 1.81. The minimum Gasteiger partial charge on any atom is -0.497 e. The molecule has 2 N–H and O–H groups in total. The van der Waals surface area contributed by atoms with Gasteiger partial charge in [-0.2, -0.15) is 5.10 Å². The number of rotatable bonds is 4. The summed E-state index contributed by atoms with van der Waals surface area (Å²) >= 11 is 0. The minimum atomic E-state index is -0.938. The van der Waals surface area contributed by atoms with Gasteiger partial charge >= 0.3 is 5.97 Å². The van der Waals surface area contributed by atoms with E-state index in [1.165, 1.54) is 0 Å². The Morgan fingerprint density at radius 1 is 1.24 bits per heavy atom. The van der Waals surface area contributed by atoms with Gasteiger partial charge in [0, 0.05) is 17.7 Å². The summed E-state index contributed by atoms with van der Waals surface area (Å²) in [4.78, 5) is 11.0. The molecule has 0 unspecified atom stereocenters. The number of carboxylic acid groups (broad SMARTS) is 1. The van der Waals surface area contributed by atoms with E-state index in [1.807, 2.05) is 28.9 Å². The molecule has 0 fully saturated rings. The van der Waals surface area contributed by atoms with Gasteiger partial charge < -0.3 is 15.2 Å². The fourth-order valence-electron chi connectivity index (χ4n) is 3.11. The van der Waals surface area contributed by atoms with Gasteiger partial charge in [-0.15, -0.1) is 0 Å². The van der Waals surface area contributed by atoms with E-state index in [2.05, 4.69) is 5.32 Å². The quantitative estimate of drug-likeness (QED) is 0.765. The van der Waals surface area contributed by atoms with Crippen LogP contribution in [0.2, 0.25) is 0 Å². The fourth-order valence-corrected chi connectivity index (χ4v) is 3.11. The summed E-state index contributed by atoms with van der Waals surface area (Å²) in [6, 6.07) is 14.6. The number of nitrogens with one attached hydrogen (secondary N) is 1. The number of ether oxygens (including phenoxy) is 1. The van der Waals surface area contributed by atoms with E-state index in [9.17, 15) is 4.79 Å². The first-order valence-corrected chi connectivity index (χ1v) is 8.01. The topological polar surface area (TPSA) is 76.4 Å². The average Bonchev–Trinajstić information content (AvgIpc) is 3.24. The summed E-state index contributed by atoms with van der Waals surface area (Å²) in [6.45, 7) is 0.858. The lowest BCUT2D eigenvalue weighted by molar-refractivity contribution is 0.0697. The second-order valence-electron chi connectivity index (χ2n) is 5.85. The molecule has 4 rings (SSSR count). The molecular formula is C19H17N3O3. The summed E-state index contributed by atoms with van der Waals surface area (Å²) in [7, 11) is 1.65. The maximum atomic E-state index is 11.0. The molecular weight excluding hydrogens is 318 g/mol. The van der Waals surface area contributed by atoms with Crippen molar-refractivity contribution < 1.29 is 14.6 Å². The van der Waals surface area contributed by atoms with Crippen molar-refractivity contribution in [3.8, 4) is 22.7 Å². The van der Waals surface area contributed by atoms with E-state index in [0.29, 0.717) is 0 Å². The third kappa shape index (κ3) is 2.61. The van der Waals surface area contributed by atoms with Crippen molar-refractivity contribution in [1.29, 1.82) is 0 Å². The minimum absolute atomic E-state index is 0.258. The average molecular weight is 335 g/mol. The van der Waals surface area contributed by atoms with Crippen LogP contribution in [0.25, 0.3) is 16.9 Å². The summed E-state index contributed by atoms with van der Waals surface area (Å²) in [6.07, 6.45) is 0.898. The van der Waals surface area contributed by atoms with Gasteiger partial charge in [0.05, 0.1) is 24.1 Å². The number of anilines is 1. The predicted molar refractivity (Wildman–Crippen MR) is 94.7 cm³/mol. The molecule has 1 aliphatic rings. The maximum Gasteiger partial charge on any atom is 0.335 e. The highest BCUT2D eigenvalue weighted by Gasteiger charge is 2.24. The lowest BCUT2D eigenvalue weighted by atomic mass is 10.1. The molecule has 0 aliphatic carbocycles. The standard InChI is InChI=1S/C19H17N3O3/c1-25-15-4-2-3-13(11-15)17-16-9-10-20-18(16)22(21-17)14-7-5-12(6-8-14)19(23)24/h2-8,11,20H,9-10H2,1H3,(H,23,24). The second kappa shape index (κ2) is 5.98. The first-order chi connectivity index (χ1) is 12.2. The van der Waals surface area contributed by atoms with Crippen LogP contribution in [-0.4, -0.2) is 34.5 Å². The molecule has 0 amide bonds. The van der Waals surface area contributed by atoms with Gasteiger partial charge in [-0.25, -0.2) is 9.48 Å². The predicted octanol–water partition coefficient (Wildman–Crippen LogP) is 3.21. The Morgan fingerprint density at radius 2 is 2.04 bits per heavy atom. The summed E-state index contributed by atoms with van der Waals surface area (Å²) in [5, 5.41) is 17.2. The highest BCUT2D eigenvalue weighted by Crippen LogP contribution is 2.35. The Kier molecular flexibility index (Phi) is 3.65. The normalized spacial score (nSPS) is 12.5. The molecule has 6 nitrogen and oxygen atoms in total. The maximum absolute atomic E-state index is 11.0. The Hall–Kier alpha value is -3.28. The molecule has 25 heavy (non-hydrogen) atoms. The molecule has 0 atom stereocenters.